The summed E-state index contributed by atoms with van der Waals surface area (Å²) in [6.45, 7) is 2.23. The molecular formula is C15H15N3O. The van der Waals surface area contributed by atoms with Crippen molar-refractivity contribution in [1.29, 1.82) is 0 Å². The summed E-state index contributed by atoms with van der Waals surface area (Å²) >= 11 is 0. The predicted octanol–water partition coefficient (Wildman–Crippen LogP) is 2.01. The molecule has 0 saturated heterocycles. The smallest absolute Gasteiger partial charge is 0.130 e. The lowest BCUT2D eigenvalue weighted by atomic mass is 10.2. The van der Waals surface area contributed by atoms with Crippen LogP contribution < -0.4 is 10.1 Å². The second kappa shape index (κ2) is 5.52. The zero-order valence-corrected chi connectivity index (χ0v) is 10.5. The number of aliphatic imine (C=N–C) groups is 1. The molecular weight excluding hydrogens is 238 g/mol. The van der Waals surface area contributed by atoms with Crippen LogP contribution in [0.3, 0.4) is 0 Å². The van der Waals surface area contributed by atoms with Crippen LogP contribution in [-0.4, -0.2) is 23.9 Å². The van der Waals surface area contributed by atoms with Gasteiger partial charge in [-0.1, -0.05) is 18.2 Å². The van der Waals surface area contributed by atoms with E-state index in [1.165, 1.54) is 0 Å². The van der Waals surface area contributed by atoms with Gasteiger partial charge in [0, 0.05) is 18.3 Å². The second-order valence-electron chi connectivity index (χ2n) is 4.29. The minimum absolute atomic E-state index is 0.476. The maximum absolute atomic E-state index is 5.75. The lowest BCUT2D eigenvalue weighted by molar-refractivity contribution is 0.301. The molecule has 0 spiro atoms. The number of hydrogen-bond donors (Lipinski definition) is 1. The number of nitrogens with zero attached hydrogens (tertiary/aromatic N) is 2. The van der Waals surface area contributed by atoms with Gasteiger partial charge < -0.3 is 10.1 Å². The Balaban J connectivity index is 1.70. The largest absolute Gasteiger partial charge is 0.487 e. The van der Waals surface area contributed by atoms with Gasteiger partial charge in [0.05, 0.1) is 12.2 Å². The minimum atomic E-state index is 0.476. The number of rotatable bonds is 4. The van der Waals surface area contributed by atoms with Crippen LogP contribution in [0.4, 0.5) is 0 Å². The standard InChI is InChI=1S/C15H15N3O/c1-2-7-16-13(5-1)11-19-14-6-3-4-12(10-14)15-17-8-9-18-15/h1-7,10H,8-9,11H2,(H,17,18). The lowest BCUT2D eigenvalue weighted by Gasteiger charge is -2.08. The number of aromatic nitrogens is 1. The van der Waals surface area contributed by atoms with E-state index in [0.29, 0.717) is 6.61 Å². The van der Waals surface area contributed by atoms with E-state index in [1.807, 2.05) is 42.5 Å². The SMILES string of the molecule is c1ccc(COc2cccc(C3=NCCN3)c2)nc1. The Morgan fingerprint density at radius 3 is 2.95 bits per heavy atom. The molecule has 0 radical (unpaired) electrons. The minimum Gasteiger partial charge on any atom is -0.487 e. The van der Waals surface area contributed by atoms with Gasteiger partial charge in [0.25, 0.3) is 0 Å². The Hall–Kier alpha value is -2.36. The van der Waals surface area contributed by atoms with Crippen molar-refractivity contribution in [3.63, 3.8) is 0 Å². The molecule has 1 aromatic carbocycles. The van der Waals surface area contributed by atoms with Gasteiger partial charge in [0.2, 0.25) is 0 Å². The third kappa shape index (κ3) is 2.91. The Labute approximate surface area is 112 Å². The molecule has 96 valence electrons. The van der Waals surface area contributed by atoms with E-state index in [-0.39, 0.29) is 0 Å². The zero-order valence-electron chi connectivity index (χ0n) is 10.5. The van der Waals surface area contributed by atoms with Crippen molar-refractivity contribution in [3.05, 3.63) is 59.9 Å². The van der Waals surface area contributed by atoms with E-state index in [4.69, 9.17) is 4.74 Å². The van der Waals surface area contributed by atoms with Crippen molar-refractivity contribution in [1.82, 2.24) is 10.3 Å². The summed E-state index contributed by atoms with van der Waals surface area (Å²) in [5.74, 6) is 1.78. The number of benzene rings is 1. The van der Waals surface area contributed by atoms with Crippen LogP contribution in [-0.2, 0) is 6.61 Å². The van der Waals surface area contributed by atoms with Gasteiger partial charge in [-0.2, -0.15) is 0 Å². The second-order valence-corrected chi connectivity index (χ2v) is 4.29. The average Bonchev–Trinajstić information content (AvgIpc) is 3.01. The third-order valence-corrected chi connectivity index (χ3v) is 2.89. The molecule has 0 atom stereocenters. The van der Waals surface area contributed by atoms with Crippen LogP contribution in [0.5, 0.6) is 5.75 Å². The molecule has 2 heterocycles. The van der Waals surface area contributed by atoms with Crippen LogP contribution >= 0.6 is 0 Å². The van der Waals surface area contributed by atoms with Gasteiger partial charge in [0.1, 0.15) is 18.2 Å². The predicted molar refractivity (Wildman–Crippen MR) is 74.4 cm³/mol. The van der Waals surface area contributed by atoms with E-state index in [9.17, 15) is 0 Å². The van der Waals surface area contributed by atoms with Crippen molar-refractivity contribution >= 4 is 5.84 Å². The monoisotopic (exact) mass is 253 g/mol. The fourth-order valence-electron chi connectivity index (χ4n) is 1.97. The highest BCUT2D eigenvalue weighted by molar-refractivity contribution is 6.00. The topological polar surface area (TPSA) is 46.5 Å². The molecule has 4 heteroatoms. The quantitative estimate of drug-likeness (QED) is 0.906. The van der Waals surface area contributed by atoms with Crippen LogP contribution in [0.15, 0.2) is 53.7 Å². The van der Waals surface area contributed by atoms with E-state index in [2.05, 4.69) is 15.3 Å². The number of ether oxygens (including phenoxy) is 1. The molecule has 0 aliphatic carbocycles. The average molecular weight is 253 g/mol. The molecule has 0 saturated carbocycles. The van der Waals surface area contributed by atoms with Gasteiger partial charge in [-0.15, -0.1) is 0 Å². The Bertz CT molecular complexity index is 581. The number of hydrogen-bond acceptors (Lipinski definition) is 4. The fourth-order valence-corrected chi connectivity index (χ4v) is 1.97. The summed E-state index contributed by atoms with van der Waals surface area (Å²) in [7, 11) is 0. The normalized spacial score (nSPS) is 13.8. The number of pyridine rings is 1. The van der Waals surface area contributed by atoms with Gasteiger partial charge in [0.15, 0.2) is 0 Å². The summed E-state index contributed by atoms with van der Waals surface area (Å²) in [6.07, 6.45) is 1.77. The molecule has 3 rings (SSSR count). The molecule has 1 aliphatic rings. The van der Waals surface area contributed by atoms with Gasteiger partial charge >= 0.3 is 0 Å². The fraction of sp³-hybridized carbons (Fsp3) is 0.200. The third-order valence-electron chi connectivity index (χ3n) is 2.89. The van der Waals surface area contributed by atoms with Crippen molar-refractivity contribution in [3.8, 4) is 5.75 Å². The van der Waals surface area contributed by atoms with E-state index >= 15 is 0 Å². The van der Waals surface area contributed by atoms with Gasteiger partial charge in [-0.3, -0.25) is 9.98 Å². The summed E-state index contributed by atoms with van der Waals surface area (Å²) in [6, 6.07) is 13.8. The summed E-state index contributed by atoms with van der Waals surface area (Å²) in [4.78, 5) is 8.64. The molecule has 0 fully saturated rings. The van der Waals surface area contributed by atoms with Crippen molar-refractivity contribution in [2.75, 3.05) is 13.1 Å². The maximum Gasteiger partial charge on any atom is 0.130 e. The first-order chi connectivity index (χ1) is 9.42. The molecule has 2 aromatic rings. The highest BCUT2D eigenvalue weighted by Crippen LogP contribution is 2.15. The van der Waals surface area contributed by atoms with Crippen molar-refractivity contribution in [2.45, 2.75) is 6.61 Å². The molecule has 19 heavy (non-hydrogen) atoms. The van der Waals surface area contributed by atoms with Crippen molar-refractivity contribution in [2.24, 2.45) is 4.99 Å². The molecule has 1 aliphatic heterocycles. The Kier molecular flexibility index (Phi) is 3.40. The summed E-state index contributed by atoms with van der Waals surface area (Å²) in [5.41, 5.74) is 1.99. The van der Waals surface area contributed by atoms with Crippen LogP contribution in [0.2, 0.25) is 0 Å². The first-order valence-corrected chi connectivity index (χ1v) is 6.33. The van der Waals surface area contributed by atoms with Crippen molar-refractivity contribution < 1.29 is 4.74 Å². The molecule has 4 nitrogen and oxygen atoms in total. The lowest BCUT2D eigenvalue weighted by Crippen LogP contribution is -2.19. The highest BCUT2D eigenvalue weighted by Gasteiger charge is 2.08. The maximum atomic E-state index is 5.75. The van der Waals surface area contributed by atoms with E-state index < -0.39 is 0 Å². The zero-order chi connectivity index (χ0) is 12.9. The summed E-state index contributed by atoms with van der Waals surface area (Å²) < 4.78 is 5.75. The first kappa shape index (κ1) is 11.7. The Morgan fingerprint density at radius 1 is 1.16 bits per heavy atom. The summed E-state index contributed by atoms with van der Waals surface area (Å²) in [5, 5.41) is 3.26. The van der Waals surface area contributed by atoms with Crippen LogP contribution in [0.1, 0.15) is 11.3 Å². The van der Waals surface area contributed by atoms with E-state index in [0.717, 1.165) is 35.9 Å². The highest BCUT2D eigenvalue weighted by atomic mass is 16.5. The van der Waals surface area contributed by atoms with Gasteiger partial charge in [-0.25, -0.2) is 0 Å². The van der Waals surface area contributed by atoms with Crippen LogP contribution in [0, 0.1) is 0 Å². The first-order valence-electron chi connectivity index (χ1n) is 6.33. The Morgan fingerprint density at radius 2 is 2.16 bits per heavy atom. The van der Waals surface area contributed by atoms with E-state index in [1.54, 1.807) is 6.20 Å². The molecule has 0 unspecified atom stereocenters. The molecule has 1 aromatic heterocycles. The van der Waals surface area contributed by atoms with Crippen LogP contribution in [0.25, 0.3) is 0 Å². The van der Waals surface area contributed by atoms with Gasteiger partial charge in [-0.05, 0) is 24.3 Å². The molecule has 0 amide bonds. The number of nitrogens with one attached hydrogen (secondary N) is 1. The number of amidine groups is 1. The molecule has 0 bridgehead atoms. The molecule has 1 N–H and O–H groups in total.